The molecule has 0 radical (unpaired) electrons. The van der Waals surface area contributed by atoms with Crippen LogP contribution in [0.4, 0.5) is 0 Å². The molecule has 1 aliphatic rings. The number of nitrogens with two attached hydrogens (primary N) is 1. The first-order valence-electron chi connectivity index (χ1n) is 8.35. The maximum atomic E-state index is 11.7. The Morgan fingerprint density at radius 2 is 2.20 bits per heavy atom. The third kappa shape index (κ3) is 6.47. The van der Waals surface area contributed by atoms with E-state index in [1.54, 1.807) is 25.1 Å². The van der Waals surface area contributed by atoms with Gasteiger partial charge in [0.1, 0.15) is 4.21 Å². The molecule has 1 aliphatic heterocycles. The highest BCUT2D eigenvalue weighted by molar-refractivity contribution is 7.99. The first-order valence-corrected chi connectivity index (χ1v) is 11.5. The lowest BCUT2D eigenvalue weighted by molar-refractivity contribution is 0.0678. The molecule has 0 aliphatic carbocycles. The smallest absolute Gasteiger partial charge is 0.247 e. The molecule has 1 atom stereocenters. The van der Waals surface area contributed by atoms with Crippen molar-refractivity contribution in [3.05, 3.63) is 11.6 Å². The second kappa shape index (κ2) is 10.2. The average molecular weight is 410 g/mol. The van der Waals surface area contributed by atoms with Gasteiger partial charge in [-0.05, 0) is 43.0 Å². The zero-order valence-corrected chi connectivity index (χ0v) is 17.1. The fraction of sp³-hybridized carbons (Fsp3) is 0.733. The SMILES string of the molecule is CCCNC1CN(CCCOCCOC)Sc2sc(S(N)(=O)=O)cc21. The van der Waals surface area contributed by atoms with Crippen LogP contribution in [0.3, 0.4) is 0 Å². The van der Waals surface area contributed by atoms with Crippen molar-refractivity contribution >= 4 is 33.3 Å². The van der Waals surface area contributed by atoms with Crippen LogP contribution < -0.4 is 10.5 Å². The van der Waals surface area contributed by atoms with Gasteiger partial charge in [0.15, 0.2) is 0 Å². The fourth-order valence-electron chi connectivity index (χ4n) is 2.49. The van der Waals surface area contributed by atoms with Crippen LogP contribution in [0.1, 0.15) is 31.4 Å². The molecule has 0 saturated heterocycles. The van der Waals surface area contributed by atoms with Gasteiger partial charge >= 0.3 is 0 Å². The number of nitrogens with zero attached hydrogens (tertiary/aromatic N) is 1. The molecular weight excluding hydrogens is 382 g/mol. The summed E-state index contributed by atoms with van der Waals surface area (Å²) in [6.07, 6.45) is 1.94. The number of rotatable bonds is 11. The van der Waals surface area contributed by atoms with E-state index in [0.29, 0.717) is 19.8 Å². The Bertz CT molecular complexity index is 636. The van der Waals surface area contributed by atoms with Crippen LogP contribution in [0.5, 0.6) is 0 Å². The number of ether oxygens (including phenoxy) is 2. The molecular formula is C15H27N3O4S3. The quantitative estimate of drug-likeness (QED) is 0.425. The fourth-order valence-corrected chi connectivity index (χ4v) is 6.07. The summed E-state index contributed by atoms with van der Waals surface area (Å²) in [4.78, 5) is 0. The molecule has 0 spiro atoms. The Morgan fingerprint density at radius 3 is 2.88 bits per heavy atom. The Labute approximate surface area is 158 Å². The summed E-state index contributed by atoms with van der Waals surface area (Å²) in [6, 6.07) is 1.85. The molecule has 25 heavy (non-hydrogen) atoms. The summed E-state index contributed by atoms with van der Waals surface area (Å²) in [7, 11) is -2.00. The van der Waals surface area contributed by atoms with E-state index in [4.69, 9.17) is 14.6 Å². The number of hydrogen-bond donors (Lipinski definition) is 2. The van der Waals surface area contributed by atoms with E-state index >= 15 is 0 Å². The van der Waals surface area contributed by atoms with Crippen molar-refractivity contribution in [3.8, 4) is 0 Å². The van der Waals surface area contributed by atoms with Crippen molar-refractivity contribution in [2.75, 3.05) is 46.6 Å². The second-order valence-electron chi connectivity index (χ2n) is 5.80. The van der Waals surface area contributed by atoms with Gasteiger partial charge in [0, 0.05) is 32.8 Å². The molecule has 0 aromatic carbocycles. The molecule has 1 aromatic rings. The number of sulfonamides is 1. The summed E-state index contributed by atoms with van der Waals surface area (Å²) in [6.45, 7) is 6.62. The normalized spacial score (nSPS) is 18.4. The standard InChI is InChI=1S/C15H27N3O4S3/c1-3-5-17-13-11-18(6-4-7-22-9-8-21-2)24-15-12(13)10-14(23-15)25(16,19)20/h10,13,17H,3-9,11H2,1-2H3,(H2,16,19,20). The van der Waals surface area contributed by atoms with Crippen LogP contribution in [0, 0.1) is 0 Å². The molecule has 7 nitrogen and oxygen atoms in total. The molecule has 0 saturated carbocycles. The second-order valence-corrected chi connectivity index (χ2v) is 10.0. The largest absolute Gasteiger partial charge is 0.382 e. The topological polar surface area (TPSA) is 93.9 Å². The molecule has 0 amide bonds. The van der Waals surface area contributed by atoms with Gasteiger partial charge in [0.2, 0.25) is 10.0 Å². The van der Waals surface area contributed by atoms with E-state index < -0.39 is 10.0 Å². The summed E-state index contributed by atoms with van der Waals surface area (Å²) in [5.74, 6) is 0. The van der Waals surface area contributed by atoms with Gasteiger partial charge < -0.3 is 14.8 Å². The number of primary sulfonamides is 1. The van der Waals surface area contributed by atoms with Gasteiger partial charge in [-0.1, -0.05) is 6.92 Å². The third-order valence-electron chi connectivity index (χ3n) is 3.73. The van der Waals surface area contributed by atoms with Crippen LogP contribution in [0.15, 0.2) is 14.5 Å². The van der Waals surface area contributed by atoms with Gasteiger partial charge in [-0.15, -0.1) is 11.3 Å². The highest BCUT2D eigenvalue weighted by Crippen LogP contribution is 2.43. The molecule has 0 bridgehead atoms. The van der Waals surface area contributed by atoms with E-state index in [1.165, 1.54) is 11.3 Å². The Morgan fingerprint density at radius 1 is 1.40 bits per heavy atom. The predicted octanol–water partition coefficient (Wildman–Crippen LogP) is 1.81. The Kier molecular flexibility index (Phi) is 8.62. The van der Waals surface area contributed by atoms with Crippen LogP contribution >= 0.6 is 23.3 Å². The van der Waals surface area contributed by atoms with Crippen molar-refractivity contribution in [1.29, 1.82) is 0 Å². The van der Waals surface area contributed by atoms with Crippen LogP contribution in [-0.4, -0.2) is 59.3 Å². The number of nitrogens with one attached hydrogen (secondary N) is 1. The van der Waals surface area contributed by atoms with Crippen LogP contribution in [-0.2, 0) is 19.5 Å². The van der Waals surface area contributed by atoms with Gasteiger partial charge in [-0.2, -0.15) is 0 Å². The number of hydrogen-bond acceptors (Lipinski definition) is 8. The molecule has 2 heterocycles. The maximum Gasteiger partial charge on any atom is 0.247 e. The summed E-state index contributed by atoms with van der Waals surface area (Å²) in [5.41, 5.74) is 1.04. The Balaban J connectivity index is 1.98. The third-order valence-corrected chi connectivity index (χ3v) is 7.56. The van der Waals surface area contributed by atoms with E-state index in [1.807, 2.05) is 0 Å². The molecule has 3 N–H and O–H groups in total. The molecule has 0 fully saturated rings. The first-order chi connectivity index (χ1) is 12.0. The van der Waals surface area contributed by atoms with Crippen molar-refractivity contribution in [1.82, 2.24) is 9.62 Å². The number of thiophene rings is 1. The van der Waals surface area contributed by atoms with Gasteiger partial charge in [0.25, 0.3) is 0 Å². The zero-order valence-electron chi connectivity index (χ0n) is 14.7. The minimum Gasteiger partial charge on any atom is -0.382 e. The lowest BCUT2D eigenvalue weighted by atomic mass is 10.1. The number of methoxy groups -OCH3 is 1. The van der Waals surface area contributed by atoms with Gasteiger partial charge in [0.05, 0.1) is 17.4 Å². The van der Waals surface area contributed by atoms with E-state index in [-0.39, 0.29) is 10.3 Å². The molecule has 10 heteroatoms. The lowest BCUT2D eigenvalue weighted by Crippen LogP contribution is -2.35. The van der Waals surface area contributed by atoms with Gasteiger partial charge in [-0.3, -0.25) is 0 Å². The minimum atomic E-state index is -3.66. The zero-order chi connectivity index (χ0) is 18.3. The number of fused-ring (bicyclic) bond motifs is 1. The van der Waals surface area contributed by atoms with Crippen molar-refractivity contribution in [2.24, 2.45) is 5.14 Å². The predicted molar refractivity (Wildman–Crippen MR) is 101 cm³/mol. The lowest BCUT2D eigenvalue weighted by Gasteiger charge is -2.32. The minimum absolute atomic E-state index is 0.123. The van der Waals surface area contributed by atoms with Crippen molar-refractivity contribution in [2.45, 2.75) is 34.2 Å². The Hall–Kier alpha value is -0.200. The van der Waals surface area contributed by atoms with Crippen LogP contribution in [0.2, 0.25) is 0 Å². The van der Waals surface area contributed by atoms with Crippen LogP contribution in [0.25, 0.3) is 0 Å². The average Bonchev–Trinajstić information content (AvgIpc) is 3.00. The maximum absolute atomic E-state index is 11.7. The summed E-state index contributed by atoms with van der Waals surface area (Å²) in [5, 5.41) is 8.81. The van der Waals surface area contributed by atoms with E-state index in [2.05, 4.69) is 16.5 Å². The molecule has 1 aromatic heterocycles. The summed E-state index contributed by atoms with van der Waals surface area (Å²) < 4.78 is 37.3. The highest BCUT2D eigenvalue weighted by Gasteiger charge is 2.30. The van der Waals surface area contributed by atoms with Gasteiger partial charge in [-0.25, -0.2) is 17.9 Å². The molecule has 1 unspecified atom stereocenters. The first kappa shape index (κ1) is 21.1. The summed E-state index contributed by atoms with van der Waals surface area (Å²) >= 11 is 2.87. The van der Waals surface area contributed by atoms with Crippen molar-refractivity contribution < 1.29 is 17.9 Å². The molecule has 2 rings (SSSR count). The van der Waals surface area contributed by atoms with E-state index in [0.717, 1.165) is 42.2 Å². The van der Waals surface area contributed by atoms with Crippen molar-refractivity contribution in [3.63, 3.8) is 0 Å². The molecule has 144 valence electrons. The monoisotopic (exact) mass is 409 g/mol. The van der Waals surface area contributed by atoms with E-state index in [9.17, 15) is 8.42 Å². The highest BCUT2D eigenvalue weighted by atomic mass is 32.3.